The van der Waals surface area contributed by atoms with Crippen molar-refractivity contribution in [1.29, 1.82) is 0 Å². The Morgan fingerprint density at radius 2 is 1.48 bits per heavy atom. The van der Waals surface area contributed by atoms with Crippen LogP contribution in [0.3, 0.4) is 0 Å². The van der Waals surface area contributed by atoms with Gasteiger partial charge in [-0.3, -0.25) is 4.90 Å². The van der Waals surface area contributed by atoms with Gasteiger partial charge in [-0.2, -0.15) is 0 Å². The van der Waals surface area contributed by atoms with E-state index in [4.69, 9.17) is 4.74 Å². The Labute approximate surface area is 198 Å². The molecule has 0 amide bonds. The Morgan fingerprint density at radius 3 is 2.09 bits per heavy atom. The number of hydrogen-bond acceptors (Lipinski definition) is 3. The van der Waals surface area contributed by atoms with Crippen molar-refractivity contribution in [1.82, 2.24) is 4.90 Å². The first-order chi connectivity index (χ1) is 16.3. The Balaban J connectivity index is 1.58. The van der Waals surface area contributed by atoms with E-state index in [0.29, 0.717) is 30.5 Å². The highest BCUT2D eigenvalue weighted by Gasteiger charge is 2.48. The third-order valence-electron chi connectivity index (χ3n) is 7.54. The molecule has 2 bridgehead atoms. The Hall–Kier alpha value is -3.04. The van der Waals surface area contributed by atoms with Crippen LogP contribution in [0.5, 0.6) is 5.75 Å². The topological polar surface area (TPSA) is 15.7 Å². The van der Waals surface area contributed by atoms with Crippen molar-refractivity contribution in [2.24, 2.45) is 5.92 Å². The van der Waals surface area contributed by atoms with Gasteiger partial charge in [-0.05, 0) is 55.1 Å². The second-order valence-corrected chi connectivity index (χ2v) is 9.33. The highest BCUT2D eigenvalue weighted by atomic mass is 16.5. The Bertz CT molecular complexity index is 1000. The Kier molecular flexibility index (Phi) is 6.50. The molecule has 3 heterocycles. The van der Waals surface area contributed by atoms with Crippen molar-refractivity contribution in [3.05, 3.63) is 109 Å². The van der Waals surface area contributed by atoms with Crippen LogP contribution < -0.4 is 9.64 Å². The van der Waals surface area contributed by atoms with Gasteiger partial charge in [-0.25, -0.2) is 0 Å². The van der Waals surface area contributed by atoms with Gasteiger partial charge in [0.2, 0.25) is 0 Å². The summed E-state index contributed by atoms with van der Waals surface area (Å²) in [6.07, 6.45) is 4.34. The van der Waals surface area contributed by atoms with Gasteiger partial charge in [-0.15, -0.1) is 0 Å². The second-order valence-electron chi connectivity index (χ2n) is 9.33. The van der Waals surface area contributed by atoms with Gasteiger partial charge in [0.1, 0.15) is 12.4 Å². The van der Waals surface area contributed by atoms with Crippen molar-refractivity contribution in [3.8, 4) is 5.75 Å². The van der Waals surface area contributed by atoms with Crippen LogP contribution in [0.15, 0.2) is 97.6 Å². The number of para-hydroxylation sites is 2. The molecule has 3 fully saturated rings. The molecule has 0 spiro atoms. The quantitative estimate of drug-likeness (QED) is 0.402. The van der Waals surface area contributed by atoms with E-state index in [-0.39, 0.29) is 0 Å². The molecule has 0 saturated carbocycles. The van der Waals surface area contributed by atoms with E-state index >= 15 is 0 Å². The maximum Gasteiger partial charge on any atom is 0.143 e. The van der Waals surface area contributed by atoms with Crippen LogP contribution in [0.1, 0.15) is 29.9 Å². The van der Waals surface area contributed by atoms with E-state index < -0.39 is 0 Å². The standard InChI is InChI=1S/C30H34N2O/c1-3-22-33-27-17-11-10-16-26(27)31(2)29-25-18-20-32(21-19-25)30(29)28(23-12-6-4-7-13-23)24-14-8-5-9-15-24/h3-17,25,28-30H,1,18-22H2,2H3. The maximum atomic E-state index is 6.07. The van der Waals surface area contributed by atoms with E-state index in [9.17, 15) is 0 Å². The van der Waals surface area contributed by atoms with Crippen molar-refractivity contribution >= 4 is 5.69 Å². The molecule has 0 aromatic heterocycles. The molecular formula is C30H34N2O. The zero-order chi connectivity index (χ0) is 22.6. The van der Waals surface area contributed by atoms with Crippen molar-refractivity contribution < 1.29 is 4.74 Å². The average molecular weight is 439 g/mol. The zero-order valence-electron chi connectivity index (χ0n) is 19.5. The summed E-state index contributed by atoms with van der Waals surface area (Å²) in [4.78, 5) is 5.26. The minimum absolute atomic E-state index is 0.323. The monoisotopic (exact) mass is 438 g/mol. The van der Waals surface area contributed by atoms with Crippen LogP contribution in [0, 0.1) is 5.92 Å². The lowest BCUT2D eigenvalue weighted by Gasteiger charge is -2.56. The molecule has 3 aromatic rings. The average Bonchev–Trinajstić information content (AvgIpc) is 2.89. The Morgan fingerprint density at radius 1 is 0.909 bits per heavy atom. The van der Waals surface area contributed by atoms with E-state index in [2.05, 4.69) is 108 Å². The molecule has 0 N–H and O–H groups in total. The number of anilines is 1. The lowest BCUT2D eigenvalue weighted by atomic mass is 9.70. The van der Waals surface area contributed by atoms with Crippen molar-refractivity contribution in [2.75, 3.05) is 31.6 Å². The summed E-state index contributed by atoms with van der Waals surface area (Å²) in [6, 6.07) is 31.4. The number of ether oxygens (including phenoxy) is 1. The number of likely N-dealkylation sites (N-methyl/N-ethyl adjacent to an activating group) is 1. The van der Waals surface area contributed by atoms with Crippen molar-refractivity contribution in [3.63, 3.8) is 0 Å². The number of piperidine rings is 3. The molecule has 33 heavy (non-hydrogen) atoms. The number of hydrogen-bond donors (Lipinski definition) is 0. The van der Waals surface area contributed by atoms with E-state index in [1.54, 1.807) is 0 Å². The predicted molar refractivity (Wildman–Crippen MR) is 137 cm³/mol. The molecule has 6 rings (SSSR count). The molecule has 0 radical (unpaired) electrons. The summed E-state index contributed by atoms with van der Waals surface area (Å²) >= 11 is 0. The van der Waals surface area contributed by atoms with Crippen LogP contribution in [0.2, 0.25) is 0 Å². The molecule has 170 valence electrons. The van der Waals surface area contributed by atoms with Gasteiger partial charge in [0.25, 0.3) is 0 Å². The largest absolute Gasteiger partial charge is 0.487 e. The number of rotatable bonds is 8. The molecule has 3 aliphatic rings. The number of fused-ring (bicyclic) bond motifs is 3. The summed E-state index contributed by atoms with van der Waals surface area (Å²) in [5, 5.41) is 0. The van der Waals surface area contributed by atoms with Gasteiger partial charge >= 0.3 is 0 Å². The molecule has 2 atom stereocenters. The molecule has 0 aliphatic carbocycles. The zero-order valence-corrected chi connectivity index (χ0v) is 19.5. The van der Waals surface area contributed by atoms with Crippen LogP contribution in [0.4, 0.5) is 5.69 Å². The van der Waals surface area contributed by atoms with E-state index in [1.807, 2.05) is 6.08 Å². The SMILES string of the molecule is C=CCOc1ccccc1N(C)C1C2CCN(CC2)C1C(c1ccccc1)c1ccccc1. The first-order valence-corrected chi connectivity index (χ1v) is 12.2. The fourth-order valence-corrected chi connectivity index (χ4v) is 6.09. The number of benzene rings is 3. The molecule has 3 heteroatoms. The molecule has 3 saturated heterocycles. The minimum Gasteiger partial charge on any atom is -0.487 e. The smallest absolute Gasteiger partial charge is 0.143 e. The summed E-state index contributed by atoms with van der Waals surface area (Å²) < 4.78 is 6.07. The first-order valence-electron chi connectivity index (χ1n) is 12.2. The molecule has 3 aliphatic heterocycles. The fourth-order valence-electron chi connectivity index (χ4n) is 6.09. The normalized spacial score (nSPS) is 23.9. The molecule has 3 nitrogen and oxygen atoms in total. The minimum atomic E-state index is 0.323. The van der Waals surface area contributed by atoms with Crippen LogP contribution in [0.25, 0.3) is 0 Å². The maximum absolute atomic E-state index is 6.07. The van der Waals surface area contributed by atoms with E-state index in [0.717, 1.165) is 5.75 Å². The van der Waals surface area contributed by atoms with E-state index in [1.165, 1.54) is 42.7 Å². The summed E-state index contributed by atoms with van der Waals surface area (Å²) in [5.41, 5.74) is 3.97. The van der Waals surface area contributed by atoms with Crippen molar-refractivity contribution in [2.45, 2.75) is 30.8 Å². The third-order valence-corrected chi connectivity index (χ3v) is 7.54. The van der Waals surface area contributed by atoms with Gasteiger partial charge in [0.05, 0.1) is 5.69 Å². The summed E-state index contributed by atoms with van der Waals surface area (Å²) in [5.74, 6) is 1.93. The third kappa shape index (κ3) is 4.30. The second kappa shape index (κ2) is 9.84. The van der Waals surface area contributed by atoms with Crippen LogP contribution in [-0.2, 0) is 0 Å². The van der Waals surface area contributed by atoms with Gasteiger partial charge < -0.3 is 9.64 Å². The lowest BCUT2D eigenvalue weighted by Crippen LogP contribution is -2.65. The van der Waals surface area contributed by atoms with Gasteiger partial charge in [0, 0.05) is 25.0 Å². The van der Waals surface area contributed by atoms with Gasteiger partial charge in [0.15, 0.2) is 0 Å². The molecule has 3 aromatic carbocycles. The first kappa shape index (κ1) is 21.8. The highest BCUT2D eigenvalue weighted by Crippen LogP contribution is 2.45. The summed E-state index contributed by atoms with van der Waals surface area (Å²) in [7, 11) is 2.27. The van der Waals surface area contributed by atoms with Gasteiger partial charge in [-0.1, -0.05) is 85.5 Å². The fraction of sp³-hybridized carbons (Fsp3) is 0.333. The summed E-state index contributed by atoms with van der Waals surface area (Å²) in [6.45, 7) is 6.72. The predicted octanol–water partition coefficient (Wildman–Crippen LogP) is 5.98. The molecular weight excluding hydrogens is 404 g/mol. The highest BCUT2D eigenvalue weighted by molar-refractivity contribution is 5.59. The number of nitrogens with zero attached hydrogens (tertiary/aromatic N) is 2. The van der Waals surface area contributed by atoms with Crippen LogP contribution in [-0.4, -0.2) is 43.7 Å². The molecule has 2 unspecified atom stereocenters. The lowest BCUT2D eigenvalue weighted by molar-refractivity contribution is 0.0185. The van der Waals surface area contributed by atoms with Crippen LogP contribution >= 0.6 is 0 Å².